The first-order valence-electron chi connectivity index (χ1n) is 26.6. The van der Waals surface area contributed by atoms with Crippen LogP contribution in [0.5, 0.6) is 0 Å². The van der Waals surface area contributed by atoms with Crippen LogP contribution < -0.4 is 0 Å². The van der Waals surface area contributed by atoms with Crippen LogP contribution in [-0.4, -0.2) is 61.6 Å². The molecule has 21 atom stereocenters. The van der Waals surface area contributed by atoms with Crippen LogP contribution in [0.15, 0.2) is 0 Å². The maximum Gasteiger partial charge on any atom is 0.303 e. The number of carbonyl (C=O) groups excluding carboxylic acids is 1. The Morgan fingerprint density at radius 3 is 1.57 bits per heavy atom. The number of carbonyl (C=O) groups is 3. The number of hydrogen-bond acceptors (Lipinski definition) is 6. The smallest absolute Gasteiger partial charge is 0.303 e. The van der Waals surface area contributed by atoms with Crippen molar-refractivity contribution >= 4 is 17.7 Å². The maximum atomic E-state index is 14.1. The Bertz CT molecular complexity index is 1730. The molecule has 0 bridgehead atoms. The van der Waals surface area contributed by atoms with Crippen molar-refractivity contribution in [2.75, 3.05) is 0 Å². The van der Waals surface area contributed by atoms with Gasteiger partial charge in [0.2, 0.25) is 0 Å². The summed E-state index contributed by atoms with van der Waals surface area (Å²) < 4.78 is 34.5. The van der Waals surface area contributed by atoms with Gasteiger partial charge in [0.15, 0.2) is 0 Å². The highest BCUT2D eigenvalue weighted by Crippen LogP contribution is 2.71. The molecule has 0 aliphatic heterocycles. The lowest BCUT2D eigenvalue weighted by molar-refractivity contribution is -0.203. The van der Waals surface area contributed by atoms with Gasteiger partial charge in [0, 0.05) is 30.2 Å². The van der Waals surface area contributed by atoms with E-state index in [0.717, 1.165) is 77.0 Å². The summed E-state index contributed by atoms with van der Waals surface area (Å²) >= 11 is 0. The van der Waals surface area contributed by atoms with Crippen molar-refractivity contribution in [2.24, 2.45) is 105 Å². The molecule has 0 radical (unpaired) electrons. The standard InChI is InChI=1S/C26H44O4.C26H42O4/c2*1-5-17-21-14-16(27)10-12-26(21,4)20-11-13-25(3)18(15(2)6-9-22(28)29)7-8-19(25)23(20)24(17)30/h15-21,23-24,27,30H,5-14H2,1-4H3,(H,28,29);15-21,23,27H,5-14H2,1-4H3,(H,28,29)/t15-,16-,17-,18-,19+,20+,21+,23+,24-,25-,26-;15-,16-,17-,18-,19+,20+,21+,23+,25-,26-/m11/s1/i2*5D2. The lowest BCUT2D eigenvalue weighted by Crippen LogP contribution is -2.62. The van der Waals surface area contributed by atoms with Gasteiger partial charge in [-0.25, -0.2) is 0 Å². The third-order valence-electron chi connectivity index (χ3n) is 21.1. The molecule has 0 saturated heterocycles. The van der Waals surface area contributed by atoms with E-state index >= 15 is 0 Å². The third-order valence-corrected chi connectivity index (χ3v) is 21.1. The molecule has 0 heterocycles. The van der Waals surface area contributed by atoms with Gasteiger partial charge in [-0.3, -0.25) is 14.4 Å². The monoisotopic (exact) mass is 843 g/mol. The van der Waals surface area contributed by atoms with Crippen LogP contribution in [0.1, 0.15) is 189 Å². The minimum absolute atomic E-state index is 0.0125. The van der Waals surface area contributed by atoms with Gasteiger partial charge in [-0.05, 0) is 202 Å². The Balaban J connectivity index is 0.000000191. The summed E-state index contributed by atoms with van der Waals surface area (Å²) in [7, 11) is 0. The highest BCUT2D eigenvalue weighted by molar-refractivity contribution is 5.86. The zero-order valence-corrected chi connectivity index (χ0v) is 38.5. The summed E-state index contributed by atoms with van der Waals surface area (Å²) in [6, 6.07) is 0. The van der Waals surface area contributed by atoms with Crippen LogP contribution in [0, 0.1) is 105 Å². The molecule has 0 unspecified atom stereocenters. The van der Waals surface area contributed by atoms with E-state index in [1.165, 1.54) is 0 Å². The number of fused-ring (bicyclic) bond motifs is 10. The van der Waals surface area contributed by atoms with Crippen molar-refractivity contribution < 1.29 is 45.4 Å². The molecule has 0 aromatic carbocycles. The lowest BCUT2D eigenvalue weighted by Gasteiger charge is -2.64. The van der Waals surface area contributed by atoms with Gasteiger partial charge in [-0.2, -0.15) is 0 Å². The predicted octanol–water partition coefficient (Wildman–Crippen LogP) is 10.4. The van der Waals surface area contributed by atoms with E-state index in [1.807, 2.05) is 0 Å². The average Bonchev–Trinajstić information content (AvgIpc) is 3.73. The van der Waals surface area contributed by atoms with E-state index in [9.17, 15) is 29.7 Å². The molecule has 8 saturated carbocycles. The Kier molecular flexibility index (Phi) is 12.0. The molecule has 8 rings (SSSR count). The SMILES string of the molecule is [2H]C([2H])(C)[C@H]1C(=O)[C@@H]2[C@H](CC[C@]3(C)[C@@H]([C@H](C)CCC(=O)O)CC[C@@H]23)[C@@]2(C)CC[C@@H](O)C[C@@H]12.[2H]C([2H])(C)[C@H]1[C@@H](O)[C@@H]2[C@H](CC[C@]3(C)[C@@H]([C@H](C)CCC(=O)O)CC[C@@H]23)[C@@]2(C)CC[C@@H](O)C[C@@H]12. The number of rotatable bonds is 10. The van der Waals surface area contributed by atoms with Gasteiger partial charge in [0.25, 0.3) is 0 Å². The number of Topliss-reactive ketones (excluding diaryl/α,β-unsaturated/α-hetero) is 1. The van der Waals surface area contributed by atoms with Crippen LogP contribution in [0.25, 0.3) is 0 Å². The largest absolute Gasteiger partial charge is 0.481 e. The second kappa shape index (κ2) is 17.5. The van der Waals surface area contributed by atoms with Crippen LogP contribution in [0.2, 0.25) is 0 Å². The van der Waals surface area contributed by atoms with Crippen LogP contribution in [-0.2, 0) is 14.4 Å². The van der Waals surface area contributed by atoms with E-state index in [1.54, 1.807) is 13.8 Å². The minimum atomic E-state index is -1.59. The summed E-state index contributed by atoms with van der Waals surface area (Å²) in [5, 5.41) is 51.0. The number of aliphatic hydroxyl groups is 3. The van der Waals surface area contributed by atoms with Crippen molar-refractivity contribution in [1.82, 2.24) is 0 Å². The highest BCUT2D eigenvalue weighted by atomic mass is 16.4. The van der Waals surface area contributed by atoms with Crippen molar-refractivity contribution in [1.29, 1.82) is 0 Å². The molecule has 0 aromatic rings. The van der Waals surface area contributed by atoms with Crippen molar-refractivity contribution in [2.45, 2.75) is 202 Å². The van der Waals surface area contributed by atoms with E-state index in [2.05, 4.69) is 41.5 Å². The topological polar surface area (TPSA) is 152 Å². The molecule has 8 nitrogen and oxygen atoms in total. The zero-order valence-electron chi connectivity index (χ0n) is 42.5. The molecule has 8 aliphatic rings. The Morgan fingerprint density at radius 2 is 1.05 bits per heavy atom. The molecule has 60 heavy (non-hydrogen) atoms. The average molecular weight is 843 g/mol. The summed E-state index contributed by atoms with van der Waals surface area (Å²) in [5.41, 5.74) is -0.0226. The van der Waals surface area contributed by atoms with E-state index in [0.29, 0.717) is 61.2 Å². The molecule has 8 fully saturated rings. The van der Waals surface area contributed by atoms with Crippen LogP contribution in [0.3, 0.4) is 0 Å². The van der Waals surface area contributed by atoms with Crippen LogP contribution in [0.4, 0.5) is 0 Å². The molecule has 8 heteroatoms. The molecule has 5 N–H and O–H groups in total. The fraction of sp³-hybridized carbons (Fsp3) is 0.942. The third kappa shape index (κ3) is 7.68. The molecule has 342 valence electrons. The quantitative estimate of drug-likeness (QED) is 0.146. The van der Waals surface area contributed by atoms with E-state index in [-0.39, 0.29) is 81.9 Å². The van der Waals surface area contributed by atoms with Gasteiger partial charge in [-0.1, -0.05) is 61.8 Å². The van der Waals surface area contributed by atoms with Gasteiger partial charge in [-0.15, -0.1) is 0 Å². The fourth-order valence-corrected chi connectivity index (χ4v) is 18.1. The molecular weight excluding hydrogens is 753 g/mol. The summed E-state index contributed by atoms with van der Waals surface area (Å²) in [5.74, 6) is 0.324. The number of aliphatic hydroxyl groups excluding tert-OH is 3. The maximum absolute atomic E-state index is 14.1. The Morgan fingerprint density at radius 1 is 0.617 bits per heavy atom. The Labute approximate surface area is 368 Å². The minimum Gasteiger partial charge on any atom is -0.481 e. The predicted molar refractivity (Wildman–Crippen MR) is 235 cm³/mol. The number of carboxylic acid groups (broad SMARTS) is 2. The molecule has 8 aliphatic carbocycles. The first kappa shape index (κ1) is 41.2. The molecule has 0 aromatic heterocycles. The van der Waals surface area contributed by atoms with Gasteiger partial charge < -0.3 is 25.5 Å². The zero-order chi connectivity index (χ0) is 47.3. The number of ketones is 1. The number of carboxylic acids is 2. The lowest BCUT2D eigenvalue weighted by atomic mass is 9.41. The Hall–Kier alpha value is -1.51. The van der Waals surface area contributed by atoms with Crippen LogP contribution >= 0.6 is 0 Å². The first-order chi connectivity index (χ1) is 29.6. The van der Waals surface area contributed by atoms with Crippen molar-refractivity contribution in [3.8, 4) is 0 Å². The van der Waals surface area contributed by atoms with Gasteiger partial charge in [0.05, 0.1) is 18.3 Å². The first-order valence-corrected chi connectivity index (χ1v) is 24.6. The normalized spacial score (nSPS) is 51.8. The van der Waals surface area contributed by atoms with Crippen molar-refractivity contribution in [3.63, 3.8) is 0 Å². The molecular formula is C52H86O8. The molecule has 0 amide bonds. The van der Waals surface area contributed by atoms with Crippen molar-refractivity contribution in [3.05, 3.63) is 0 Å². The summed E-state index contributed by atoms with van der Waals surface area (Å²) in [4.78, 5) is 36.4. The van der Waals surface area contributed by atoms with E-state index < -0.39 is 48.7 Å². The second-order valence-electron chi connectivity index (χ2n) is 23.4. The molecule has 0 spiro atoms. The fourth-order valence-electron chi connectivity index (χ4n) is 18.1. The summed E-state index contributed by atoms with van der Waals surface area (Å²) in [6.45, 7) is 16.9. The van der Waals surface area contributed by atoms with Gasteiger partial charge >= 0.3 is 11.9 Å². The number of aliphatic carboxylic acids is 2. The second-order valence-corrected chi connectivity index (χ2v) is 23.4. The highest BCUT2D eigenvalue weighted by Gasteiger charge is 2.67. The van der Waals surface area contributed by atoms with Gasteiger partial charge in [0.1, 0.15) is 5.78 Å². The summed E-state index contributed by atoms with van der Waals surface area (Å²) in [6.07, 6.45) is 10.1. The van der Waals surface area contributed by atoms with E-state index in [4.69, 9.17) is 15.7 Å². The number of hydrogen-bond donors (Lipinski definition) is 5.